The van der Waals surface area contributed by atoms with E-state index in [4.69, 9.17) is 86.7 Å². The fourth-order valence-corrected chi connectivity index (χ4v) is 15.6. The van der Waals surface area contributed by atoms with Crippen LogP contribution in [0, 0.1) is 0 Å². The molecule has 2 heterocycles. The van der Waals surface area contributed by atoms with Crippen LogP contribution in [0.25, 0.3) is 22.5 Å². The number of halogens is 5. The highest BCUT2D eigenvalue weighted by Gasteiger charge is 2.21. The summed E-state index contributed by atoms with van der Waals surface area (Å²) in [4.78, 5) is 80.7. The largest absolute Gasteiger partial charge is 0.370 e. The number of carbonyl (C=O) groups is 5. The lowest BCUT2D eigenvalue weighted by atomic mass is 10.1. The van der Waals surface area contributed by atoms with Gasteiger partial charge in [-0.3, -0.25) is 24.0 Å². The van der Waals surface area contributed by atoms with Gasteiger partial charge in [-0.25, -0.2) is 50.2 Å². The Morgan fingerprint density at radius 1 is 0.331 bits per heavy atom. The van der Waals surface area contributed by atoms with Crippen LogP contribution in [0.2, 0.25) is 25.1 Å². The van der Waals surface area contributed by atoms with E-state index in [9.17, 15) is 49.2 Å². The second-order valence-corrected chi connectivity index (χ2v) is 34.9. The minimum Gasteiger partial charge on any atom is -0.370 e. The van der Waals surface area contributed by atoms with Crippen molar-refractivity contribution in [3.63, 3.8) is 0 Å². The molecule has 0 bridgehead atoms. The van der Waals surface area contributed by atoms with E-state index in [0.29, 0.717) is 77.7 Å². The van der Waals surface area contributed by atoms with Crippen molar-refractivity contribution >= 4 is 176 Å². The van der Waals surface area contributed by atoms with Crippen LogP contribution in [0.1, 0.15) is 65.6 Å². The molecular formula is C88H71Cl5N12O11S5. The predicted molar refractivity (Wildman–Crippen MR) is 480 cm³/mol. The summed E-state index contributed by atoms with van der Waals surface area (Å²) < 4.78 is 75.8. The third kappa shape index (κ3) is 27.7. The van der Waals surface area contributed by atoms with Gasteiger partial charge in [-0.05, 0) is 269 Å². The number of amides is 3. The third-order valence-electron chi connectivity index (χ3n) is 16.6. The molecule has 14 aromatic rings. The van der Waals surface area contributed by atoms with Gasteiger partial charge >= 0.3 is 0 Å². The first-order valence-electron chi connectivity index (χ1n) is 35.4. The third-order valence-corrected chi connectivity index (χ3v) is 24.5. The summed E-state index contributed by atoms with van der Waals surface area (Å²) in [6.07, 6.45) is 3.20. The van der Waals surface area contributed by atoms with E-state index in [1.165, 1.54) is 104 Å². The van der Waals surface area contributed by atoms with Crippen molar-refractivity contribution in [2.24, 2.45) is 33.7 Å². The molecule has 614 valence electrons. The lowest BCUT2D eigenvalue weighted by Gasteiger charge is -2.08. The van der Waals surface area contributed by atoms with Gasteiger partial charge in [0.1, 0.15) is 0 Å². The number of nitrogens with one attached hydrogen (secondary N) is 2. The molecule has 0 unspecified atom stereocenters. The number of aromatic nitrogens is 4. The molecule has 14 rings (SSSR count). The van der Waals surface area contributed by atoms with Gasteiger partial charge in [0.05, 0.1) is 46.4 Å². The number of rotatable bonds is 20. The van der Waals surface area contributed by atoms with Crippen molar-refractivity contribution in [1.82, 2.24) is 19.9 Å². The number of ketones is 2. The van der Waals surface area contributed by atoms with Crippen molar-refractivity contribution in [3.05, 3.63) is 369 Å². The maximum atomic E-state index is 12.8. The maximum Gasteiger partial charge on any atom is 0.248 e. The maximum absolute atomic E-state index is 12.8. The fourth-order valence-electron chi connectivity index (χ4n) is 10.3. The average Bonchev–Trinajstić information content (AvgIpc) is 0.803. The summed E-state index contributed by atoms with van der Waals surface area (Å²) in [5.41, 5.74) is 33.0. The molecule has 3 amide bonds. The van der Waals surface area contributed by atoms with Crippen LogP contribution in [-0.2, 0) is 29.5 Å². The van der Waals surface area contributed by atoms with Crippen LogP contribution < -0.4 is 39.3 Å². The monoisotopic (exact) mass is 1810 g/mol. The molecule has 12 N–H and O–H groups in total. The normalized spacial score (nSPS) is 10.7. The fraction of sp³-hybridized carbons (Fsp3) is 0.0227. The van der Waals surface area contributed by atoms with Gasteiger partial charge in [0.2, 0.25) is 59.1 Å². The Balaban J connectivity index is 0.000000174. The number of hydrogen-bond donors (Lipinski definition) is 8. The van der Waals surface area contributed by atoms with E-state index >= 15 is 0 Å². The Morgan fingerprint density at radius 3 is 0.860 bits per heavy atom. The summed E-state index contributed by atoms with van der Waals surface area (Å²) in [5.74, 6) is -0.807. The van der Waals surface area contributed by atoms with Crippen molar-refractivity contribution in [2.45, 2.75) is 57.9 Å². The molecule has 0 spiro atoms. The molecule has 12 aromatic carbocycles. The SMILES string of the molecule is CC(=O)c1ccc(S(=O)(=O)c2ccc(Cl)cc2)cc1.CC(=O)c1ccc(Sc2ccc(Cl)cc2)cc1.NC(=O)c1ccc(N=C(N)N)cc1.NC(=O)c1ccc(Nc2nccc(-c3ccc(S(=O)(=O)c4ccc(Cl)cc4)cc3)n2)cc1.NC(=O)c1ccc(Nc2nccc(-c3ccc(S(=O)(=O)c4ccc(Cl)cc4)cc3)n2)cc1.Sc1ccc(Cl)cc1. The Morgan fingerprint density at radius 2 is 0.579 bits per heavy atom. The number of anilines is 4. The molecule has 23 nitrogen and oxygen atoms in total. The second-order valence-electron chi connectivity index (χ2n) is 25.2. The highest BCUT2D eigenvalue weighted by molar-refractivity contribution is 7.99. The number of thiol groups is 1. The lowest BCUT2D eigenvalue weighted by Crippen LogP contribution is -2.21. The lowest BCUT2D eigenvalue weighted by molar-refractivity contribution is 0.0992. The predicted octanol–water partition coefficient (Wildman–Crippen LogP) is 19.3. The van der Waals surface area contributed by atoms with Crippen molar-refractivity contribution in [3.8, 4) is 22.5 Å². The average molecular weight is 1810 g/mol. The van der Waals surface area contributed by atoms with Gasteiger partial charge in [-0.15, -0.1) is 12.6 Å². The quantitative estimate of drug-likeness (QED) is 0.0152. The molecule has 0 aliphatic carbocycles. The van der Waals surface area contributed by atoms with Crippen LogP contribution in [0.15, 0.2) is 365 Å². The number of aliphatic imine (C=N–C) groups is 1. The summed E-state index contributed by atoms with van der Waals surface area (Å²) in [6.45, 7) is 3.00. The summed E-state index contributed by atoms with van der Waals surface area (Å²) >= 11 is 34.6. The van der Waals surface area contributed by atoms with E-state index in [-0.39, 0.29) is 46.9 Å². The topological polar surface area (TPSA) is 406 Å². The van der Waals surface area contributed by atoms with E-state index in [1.807, 2.05) is 72.8 Å². The van der Waals surface area contributed by atoms with Crippen molar-refractivity contribution < 1.29 is 49.2 Å². The number of carbonyl (C=O) groups excluding carboxylic acids is 5. The second kappa shape index (κ2) is 43.4. The highest BCUT2D eigenvalue weighted by Crippen LogP contribution is 2.32. The Bertz CT molecular complexity index is 6110. The smallest absolute Gasteiger partial charge is 0.248 e. The van der Waals surface area contributed by atoms with Crippen LogP contribution in [0.4, 0.5) is 29.0 Å². The Hall–Kier alpha value is -12.6. The van der Waals surface area contributed by atoms with Crippen LogP contribution in [-0.4, -0.2) is 80.4 Å². The van der Waals surface area contributed by atoms with Crippen LogP contribution in [0.3, 0.4) is 0 Å². The van der Waals surface area contributed by atoms with E-state index in [0.717, 1.165) is 41.4 Å². The number of nitrogens with two attached hydrogens (primary N) is 5. The van der Waals surface area contributed by atoms with Crippen molar-refractivity contribution in [2.75, 3.05) is 10.6 Å². The molecule has 0 aliphatic heterocycles. The van der Waals surface area contributed by atoms with E-state index < -0.39 is 47.2 Å². The van der Waals surface area contributed by atoms with E-state index in [1.54, 1.807) is 165 Å². The number of Topliss-reactive ketones (excluding diaryl/α,β-unsaturated/α-hetero) is 2. The van der Waals surface area contributed by atoms with Gasteiger partial charge in [0, 0.05) is 103 Å². The molecule has 2 aromatic heterocycles. The molecule has 0 radical (unpaired) electrons. The zero-order chi connectivity index (χ0) is 87.6. The van der Waals surface area contributed by atoms with Crippen LogP contribution >= 0.6 is 82.4 Å². The Kier molecular flexibility index (Phi) is 33.1. The molecular weight excluding hydrogens is 1740 g/mol. The van der Waals surface area contributed by atoms with Gasteiger partial charge in [0.15, 0.2) is 17.5 Å². The zero-order valence-corrected chi connectivity index (χ0v) is 71.5. The summed E-state index contributed by atoms with van der Waals surface area (Å²) in [5, 5.41) is 9.03. The first-order valence-corrected chi connectivity index (χ1v) is 43.0. The van der Waals surface area contributed by atoms with Crippen molar-refractivity contribution in [1.29, 1.82) is 0 Å². The van der Waals surface area contributed by atoms with Gasteiger partial charge in [-0.2, -0.15) is 0 Å². The number of nitrogens with zero attached hydrogens (tertiary/aromatic N) is 5. The molecule has 0 aliphatic rings. The first-order chi connectivity index (χ1) is 57.6. The number of benzene rings is 12. The molecule has 0 atom stereocenters. The number of sulfone groups is 3. The number of primary amides is 3. The Labute approximate surface area is 732 Å². The zero-order valence-electron chi connectivity index (χ0n) is 63.6. The standard InChI is InChI=1S/2C23H17ClN4O3S.C14H11ClO3S.C14H11ClOS.C8H10N4O.C6H5ClS/c2*24-17-5-11-20(12-6-17)32(30,31)19-9-3-15(4-10-19)21-13-14-26-23(28-21)27-18-7-1-16(2-8-18)22(25)29;1-10(16)11-2-6-13(7-3-11)19(17,18)14-8-4-12(15)5-9-14;1-10(16)11-2-6-13(7-3-11)17-14-8-4-12(15)5-9-14;9-7(13)5-1-3-6(4-2-5)12-8(10)11;7-5-1-3-6(8)4-2-5/h2*1-14H,(H2,25,29)(H,26,27,28);2-9H,1H3;2-9H,1H3;1-4H,(H2,9,13)(H4,10,11,12);1-4,8H. The molecule has 0 fully saturated rings. The van der Waals surface area contributed by atoms with Gasteiger partial charge in [-0.1, -0.05) is 118 Å². The number of guanidine groups is 1. The van der Waals surface area contributed by atoms with Gasteiger partial charge < -0.3 is 39.3 Å². The molecule has 0 saturated carbocycles. The summed E-state index contributed by atoms with van der Waals surface area (Å²) in [7, 11) is -10.9. The molecule has 0 saturated heterocycles. The van der Waals surface area contributed by atoms with Gasteiger partial charge in [0.25, 0.3) is 0 Å². The number of hydrogen-bond acceptors (Lipinski definition) is 20. The van der Waals surface area contributed by atoms with E-state index in [2.05, 4.69) is 48.2 Å². The van der Waals surface area contributed by atoms with Crippen LogP contribution in [0.5, 0.6) is 0 Å². The minimum atomic E-state index is -3.65. The minimum absolute atomic E-state index is 0.0215. The molecule has 33 heteroatoms. The first kappa shape index (κ1) is 92.3. The summed E-state index contributed by atoms with van der Waals surface area (Å²) in [6, 6.07) is 82.5. The molecule has 121 heavy (non-hydrogen) atoms. The highest BCUT2D eigenvalue weighted by atomic mass is 35.5.